The van der Waals surface area contributed by atoms with Crippen molar-refractivity contribution in [2.45, 2.75) is 6.92 Å². The van der Waals surface area contributed by atoms with Crippen LogP contribution in [0.1, 0.15) is 15.9 Å². The average molecular weight is 453 g/mol. The second-order valence-electron chi connectivity index (χ2n) is 6.09. The molecule has 0 aliphatic carbocycles. The molecule has 0 fully saturated rings. The summed E-state index contributed by atoms with van der Waals surface area (Å²) in [4.78, 5) is 17.2. The van der Waals surface area contributed by atoms with Crippen LogP contribution in [-0.2, 0) is 0 Å². The van der Waals surface area contributed by atoms with Crippen molar-refractivity contribution in [2.75, 3.05) is 5.32 Å². The summed E-state index contributed by atoms with van der Waals surface area (Å²) in [5.41, 5.74) is 5.19. The number of benzene rings is 2. The number of nitrogens with zero attached hydrogens (tertiary/aromatic N) is 2. The van der Waals surface area contributed by atoms with E-state index in [0.29, 0.717) is 5.56 Å². The van der Waals surface area contributed by atoms with Crippen molar-refractivity contribution in [3.63, 3.8) is 0 Å². The Bertz CT molecular complexity index is 1080. The van der Waals surface area contributed by atoms with E-state index < -0.39 is 0 Å². The van der Waals surface area contributed by atoms with Gasteiger partial charge in [0.05, 0.1) is 5.69 Å². The van der Waals surface area contributed by atoms with Gasteiger partial charge in [0.1, 0.15) is 5.65 Å². The topological polar surface area (TPSA) is 46.4 Å². The fourth-order valence-corrected chi connectivity index (χ4v) is 3.36. The standard InChI is InChI=1S/C21H16IN3O/c1-14-8-9-15(19-13-25-10-3-2-7-20(25)23-19)12-18(14)24-21(26)16-5-4-6-17(22)11-16/h2-13H,1H3,(H,24,26). The predicted molar refractivity (Wildman–Crippen MR) is 112 cm³/mol. The van der Waals surface area contributed by atoms with E-state index in [1.54, 1.807) is 0 Å². The van der Waals surface area contributed by atoms with Gasteiger partial charge >= 0.3 is 0 Å². The number of aryl methyl sites for hydroxylation is 1. The highest BCUT2D eigenvalue weighted by Crippen LogP contribution is 2.26. The van der Waals surface area contributed by atoms with Crippen molar-refractivity contribution in [3.8, 4) is 11.3 Å². The number of pyridine rings is 1. The minimum absolute atomic E-state index is 0.112. The van der Waals surface area contributed by atoms with Gasteiger partial charge in [0, 0.05) is 32.8 Å². The molecule has 26 heavy (non-hydrogen) atoms. The molecule has 0 spiro atoms. The molecule has 128 valence electrons. The van der Waals surface area contributed by atoms with Crippen LogP contribution in [0.5, 0.6) is 0 Å². The summed E-state index contributed by atoms with van der Waals surface area (Å²) in [6.07, 6.45) is 3.96. The highest BCUT2D eigenvalue weighted by atomic mass is 127. The first kappa shape index (κ1) is 16.8. The SMILES string of the molecule is Cc1ccc(-c2cn3ccccc3n2)cc1NC(=O)c1cccc(I)c1. The number of hydrogen-bond donors (Lipinski definition) is 1. The Morgan fingerprint density at radius 1 is 1.08 bits per heavy atom. The van der Waals surface area contributed by atoms with Crippen molar-refractivity contribution in [1.29, 1.82) is 0 Å². The molecule has 4 nitrogen and oxygen atoms in total. The maximum absolute atomic E-state index is 12.6. The van der Waals surface area contributed by atoms with E-state index in [-0.39, 0.29) is 5.91 Å². The third-order valence-electron chi connectivity index (χ3n) is 4.23. The monoisotopic (exact) mass is 453 g/mol. The number of amides is 1. The molecule has 0 radical (unpaired) electrons. The van der Waals surface area contributed by atoms with Crippen molar-refractivity contribution in [3.05, 3.63) is 87.8 Å². The van der Waals surface area contributed by atoms with Crippen molar-refractivity contribution in [1.82, 2.24) is 9.38 Å². The molecule has 2 aromatic carbocycles. The van der Waals surface area contributed by atoms with E-state index >= 15 is 0 Å². The van der Waals surface area contributed by atoms with Crippen LogP contribution in [0.2, 0.25) is 0 Å². The zero-order valence-electron chi connectivity index (χ0n) is 14.1. The summed E-state index contributed by atoms with van der Waals surface area (Å²) in [5, 5.41) is 3.02. The van der Waals surface area contributed by atoms with Crippen LogP contribution >= 0.6 is 22.6 Å². The molecular formula is C21H16IN3O. The Balaban J connectivity index is 1.67. The van der Waals surface area contributed by atoms with Gasteiger partial charge in [0.25, 0.3) is 5.91 Å². The third kappa shape index (κ3) is 3.35. The zero-order valence-corrected chi connectivity index (χ0v) is 16.3. The number of carbonyl (C=O) groups is 1. The summed E-state index contributed by atoms with van der Waals surface area (Å²) in [6, 6.07) is 19.5. The van der Waals surface area contributed by atoms with Gasteiger partial charge in [-0.25, -0.2) is 4.98 Å². The summed E-state index contributed by atoms with van der Waals surface area (Å²) in [6.45, 7) is 1.98. The van der Waals surface area contributed by atoms with Gasteiger partial charge in [0.2, 0.25) is 0 Å². The third-order valence-corrected chi connectivity index (χ3v) is 4.90. The fourth-order valence-electron chi connectivity index (χ4n) is 2.81. The Hall–Kier alpha value is -2.67. The van der Waals surface area contributed by atoms with Crippen LogP contribution in [-0.4, -0.2) is 15.3 Å². The number of hydrogen-bond acceptors (Lipinski definition) is 2. The number of aromatic nitrogens is 2. The molecule has 1 amide bonds. The van der Waals surface area contributed by atoms with Crippen LogP contribution in [0.3, 0.4) is 0 Å². The van der Waals surface area contributed by atoms with E-state index in [1.165, 1.54) is 0 Å². The molecule has 0 saturated heterocycles. The zero-order chi connectivity index (χ0) is 18.1. The second kappa shape index (κ2) is 6.92. The van der Waals surface area contributed by atoms with E-state index in [0.717, 1.165) is 31.7 Å². The minimum Gasteiger partial charge on any atom is -0.322 e. The number of halogens is 1. The van der Waals surface area contributed by atoms with Gasteiger partial charge in [-0.05, 0) is 71.5 Å². The molecule has 0 unspecified atom stereocenters. The quantitative estimate of drug-likeness (QED) is 0.436. The Morgan fingerprint density at radius 2 is 1.96 bits per heavy atom. The van der Waals surface area contributed by atoms with Gasteiger partial charge in [0.15, 0.2) is 0 Å². The van der Waals surface area contributed by atoms with Gasteiger partial charge in [-0.15, -0.1) is 0 Å². The highest BCUT2D eigenvalue weighted by molar-refractivity contribution is 14.1. The lowest BCUT2D eigenvalue weighted by molar-refractivity contribution is 0.102. The molecule has 2 aromatic heterocycles. The van der Waals surface area contributed by atoms with Crippen molar-refractivity contribution >= 4 is 39.8 Å². The largest absolute Gasteiger partial charge is 0.322 e. The molecule has 0 bridgehead atoms. The van der Waals surface area contributed by atoms with Crippen LogP contribution in [0.4, 0.5) is 5.69 Å². The summed E-state index contributed by atoms with van der Waals surface area (Å²) < 4.78 is 3.02. The Labute approximate surface area is 165 Å². The average Bonchev–Trinajstić information content (AvgIpc) is 3.07. The first-order chi connectivity index (χ1) is 12.6. The molecule has 5 heteroatoms. The second-order valence-corrected chi connectivity index (χ2v) is 7.33. The summed E-state index contributed by atoms with van der Waals surface area (Å²) in [7, 11) is 0. The minimum atomic E-state index is -0.112. The number of anilines is 1. The number of rotatable bonds is 3. The van der Waals surface area contributed by atoms with Gasteiger partial charge in [-0.2, -0.15) is 0 Å². The molecule has 2 heterocycles. The van der Waals surface area contributed by atoms with Gasteiger partial charge < -0.3 is 9.72 Å². The number of carbonyl (C=O) groups excluding carboxylic acids is 1. The van der Waals surface area contributed by atoms with Crippen molar-refractivity contribution < 1.29 is 4.79 Å². The Kier molecular flexibility index (Phi) is 4.46. The van der Waals surface area contributed by atoms with Gasteiger partial charge in [-0.1, -0.05) is 24.3 Å². The number of fused-ring (bicyclic) bond motifs is 1. The smallest absolute Gasteiger partial charge is 0.255 e. The molecule has 0 aliphatic rings. The first-order valence-electron chi connectivity index (χ1n) is 8.22. The number of imidazole rings is 1. The molecule has 0 atom stereocenters. The lowest BCUT2D eigenvalue weighted by Crippen LogP contribution is -2.13. The maximum atomic E-state index is 12.6. The molecule has 4 rings (SSSR count). The van der Waals surface area contributed by atoms with Crippen molar-refractivity contribution in [2.24, 2.45) is 0 Å². The van der Waals surface area contributed by atoms with E-state index in [4.69, 9.17) is 0 Å². The highest BCUT2D eigenvalue weighted by Gasteiger charge is 2.11. The molecule has 0 aliphatic heterocycles. The predicted octanol–water partition coefficient (Wildman–Crippen LogP) is 5.17. The van der Waals surface area contributed by atoms with Crippen LogP contribution < -0.4 is 5.32 Å². The van der Waals surface area contributed by atoms with E-state index in [1.807, 2.05) is 84.4 Å². The molecule has 0 saturated carbocycles. The fraction of sp³-hybridized carbons (Fsp3) is 0.0476. The number of nitrogens with one attached hydrogen (secondary N) is 1. The normalized spacial score (nSPS) is 10.8. The van der Waals surface area contributed by atoms with E-state index in [9.17, 15) is 4.79 Å². The van der Waals surface area contributed by atoms with Crippen LogP contribution in [0.15, 0.2) is 73.1 Å². The maximum Gasteiger partial charge on any atom is 0.255 e. The molecule has 1 N–H and O–H groups in total. The van der Waals surface area contributed by atoms with E-state index in [2.05, 4.69) is 32.9 Å². The lowest BCUT2D eigenvalue weighted by atomic mass is 10.1. The molecular weight excluding hydrogens is 437 g/mol. The summed E-state index contributed by atoms with van der Waals surface area (Å²) in [5.74, 6) is -0.112. The first-order valence-corrected chi connectivity index (χ1v) is 9.30. The lowest BCUT2D eigenvalue weighted by Gasteiger charge is -2.10. The Morgan fingerprint density at radius 3 is 2.77 bits per heavy atom. The van der Waals surface area contributed by atoms with Crippen LogP contribution in [0, 0.1) is 10.5 Å². The molecule has 4 aromatic rings. The van der Waals surface area contributed by atoms with Crippen LogP contribution in [0.25, 0.3) is 16.9 Å². The van der Waals surface area contributed by atoms with Gasteiger partial charge in [-0.3, -0.25) is 4.79 Å². The summed E-state index contributed by atoms with van der Waals surface area (Å²) >= 11 is 2.21.